The smallest absolute Gasteiger partial charge is 0.131 e. The Hall–Kier alpha value is -0.320. The van der Waals surface area contributed by atoms with Crippen molar-refractivity contribution in [3.05, 3.63) is 0 Å². The van der Waals surface area contributed by atoms with E-state index in [0.29, 0.717) is 0 Å². The van der Waals surface area contributed by atoms with E-state index in [4.69, 9.17) is 0 Å². The highest BCUT2D eigenvalue weighted by molar-refractivity contribution is 8.05. The van der Waals surface area contributed by atoms with Crippen LogP contribution in [-0.4, -0.2) is 21.0 Å². The van der Waals surface area contributed by atoms with Gasteiger partial charge in [-0.05, 0) is 35.2 Å². The van der Waals surface area contributed by atoms with Gasteiger partial charge >= 0.3 is 0 Å². The number of thioether (sulfide) groups is 2. The van der Waals surface area contributed by atoms with Gasteiger partial charge in [0, 0.05) is 0 Å². The van der Waals surface area contributed by atoms with Gasteiger partial charge in [-0.2, -0.15) is 10.5 Å². The van der Waals surface area contributed by atoms with E-state index in [1.807, 2.05) is 0 Å². The first-order valence-electron chi connectivity index (χ1n) is 8.01. The summed E-state index contributed by atoms with van der Waals surface area (Å²) in [7, 11) is 0. The van der Waals surface area contributed by atoms with Crippen molar-refractivity contribution in [2.24, 2.45) is 10.8 Å². The molecule has 0 aromatic heterocycles. The summed E-state index contributed by atoms with van der Waals surface area (Å²) >= 11 is 3.32. The van der Waals surface area contributed by atoms with E-state index in [0.717, 1.165) is 24.3 Å². The third-order valence-corrected chi connectivity index (χ3v) is 6.21. The molecular weight excluding hydrogens is 308 g/mol. The van der Waals surface area contributed by atoms with Crippen molar-refractivity contribution in [3.8, 4) is 12.1 Å². The van der Waals surface area contributed by atoms with E-state index in [9.17, 15) is 10.5 Å². The highest BCUT2D eigenvalue weighted by atomic mass is 32.2. The fourth-order valence-corrected chi connectivity index (χ4v) is 6.17. The monoisotopic (exact) mass is 340 g/mol. The molecule has 22 heavy (non-hydrogen) atoms. The molecule has 0 bridgehead atoms. The first kappa shape index (κ1) is 21.7. The lowest BCUT2D eigenvalue weighted by atomic mass is 9.72. The van der Waals surface area contributed by atoms with Crippen LogP contribution in [0.2, 0.25) is 0 Å². The molecule has 0 aromatic rings. The summed E-state index contributed by atoms with van der Waals surface area (Å²) in [6.07, 6.45) is 1.46. The second kappa shape index (κ2) is 7.98. The summed E-state index contributed by atoms with van der Waals surface area (Å²) in [6.45, 7) is 17.1. The largest absolute Gasteiger partial charge is 0.197 e. The van der Waals surface area contributed by atoms with Gasteiger partial charge in [-0.25, -0.2) is 0 Å². The third kappa shape index (κ3) is 5.71. The van der Waals surface area contributed by atoms with Gasteiger partial charge in [0.15, 0.2) is 0 Å². The number of nitriles is 2. The predicted molar refractivity (Wildman–Crippen MR) is 101 cm³/mol. The molecule has 0 fully saturated rings. The zero-order chi connectivity index (χ0) is 17.7. The fourth-order valence-electron chi connectivity index (χ4n) is 2.93. The lowest BCUT2D eigenvalue weighted by molar-refractivity contribution is 0.278. The molecule has 0 amide bonds. The molecule has 0 rings (SSSR count). The van der Waals surface area contributed by atoms with Gasteiger partial charge in [0.1, 0.15) is 9.49 Å². The average Bonchev–Trinajstić information content (AvgIpc) is 2.34. The fraction of sp³-hybridized carbons (Fsp3) is 0.889. The summed E-state index contributed by atoms with van der Waals surface area (Å²) in [4.78, 5) is 0. The first-order chi connectivity index (χ1) is 9.91. The van der Waals surface area contributed by atoms with Gasteiger partial charge in [0.25, 0.3) is 0 Å². The Morgan fingerprint density at radius 1 is 0.682 bits per heavy atom. The maximum absolute atomic E-state index is 10.1. The van der Waals surface area contributed by atoms with Gasteiger partial charge in [-0.1, -0.05) is 55.4 Å². The van der Waals surface area contributed by atoms with Crippen LogP contribution < -0.4 is 0 Å². The Balaban J connectivity index is 6.16. The van der Waals surface area contributed by atoms with Crippen LogP contribution in [0.3, 0.4) is 0 Å². The second-order valence-corrected chi connectivity index (χ2v) is 11.3. The van der Waals surface area contributed by atoms with Crippen LogP contribution >= 0.6 is 23.5 Å². The molecule has 0 spiro atoms. The van der Waals surface area contributed by atoms with E-state index >= 15 is 0 Å². The van der Waals surface area contributed by atoms with E-state index in [2.05, 4.69) is 67.5 Å². The zero-order valence-corrected chi connectivity index (χ0v) is 17.2. The minimum Gasteiger partial charge on any atom is -0.197 e. The van der Waals surface area contributed by atoms with Crippen molar-refractivity contribution in [1.82, 2.24) is 0 Å². The summed E-state index contributed by atoms with van der Waals surface area (Å²) in [5.41, 5.74) is 0.0123. The number of hydrogen-bond donors (Lipinski definition) is 0. The molecule has 0 saturated carbocycles. The molecule has 0 aliphatic carbocycles. The molecular formula is C18H32N2S2. The molecule has 2 nitrogen and oxygen atoms in total. The molecule has 0 radical (unpaired) electrons. The predicted octanol–water partition coefficient (Wildman–Crippen LogP) is 5.89. The quantitative estimate of drug-likeness (QED) is 0.579. The summed E-state index contributed by atoms with van der Waals surface area (Å²) in [5, 5.41) is 20.3. The molecule has 0 N–H and O–H groups in total. The minimum absolute atomic E-state index is 0.00614. The van der Waals surface area contributed by atoms with E-state index in [1.54, 1.807) is 23.5 Å². The highest BCUT2D eigenvalue weighted by Gasteiger charge is 2.55. The maximum Gasteiger partial charge on any atom is 0.131 e. The SMILES string of the molecule is CCSC(C#N)(CC(C)(C)C)C(C#N)(CC(C)(C)C)SCC. The minimum atomic E-state index is -0.678. The molecule has 4 heteroatoms. The van der Waals surface area contributed by atoms with E-state index in [-0.39, 0.29) is 10.8 Å². The molecule has 0 aromatic carbocycles. The molecule has 2 atom stereocenters. The first-order valence-corrected chi connectivity index (χ1v) is 9.98. The van der Waals surface area contributed by atoms with Crippen molar-refractivity contribution in [2.45, 2.75) is 77.7 Å². The molecule has 126 valence electrons. The topological polar surface area (TPSA) is 47.6 Å². The Morgan fingerprint density at radius 2 is 0.955 bits per heavy atom. The van der Waals surface area contributed by atoms with E-state index < -0.39 is 9.49 Å². The normalized spacial score (nSPS) is 17.9. The second-order valence-electron chi connectivity index (χ2n) is 8.22. The Morgan fingerprint density at radius 3 is 1.09 bits per heavy atom. The zero-order valence-electron chi connectivity index (χ0n) is 15.5. The summed E-state index contributed by atoms with van der Waals surface area (Å²) < 4.78 is -1.36. The van der Waals surface area contributed by atoms with E-state index in [1.165, 1.54) is 0 Å². The van der Waals surface area contributed by atoms with Crippen molar-refractivity contribution < 1.29 is 0 Å². The van der Waals surface area contributed by atoms with Gasteiger partial charge < -0.3 is 0 Å². The molecule has 0 aliphatic heterocycles. The van der Waals surface area contributed by atoms with Gasteiger partial charge in [-0.15, -0.1) is 23.5 Å². The van der Waals surface area contributed by atoms with Crippen LogP contribution in [0, 0.1) is 33.5 Å². The van der Waals surface area contributed by atoms with Crippen LogP contribution in [0.1, 0.15) is 68.2 Å². The van der Waals surface area contributed by atoms with Crippen molar-refractivity contribution in [2.75, 3.05) is 11.5 Å². The third-order valence-electron chi connectivity index (χ3n) is 3.35. The lowest BCUT2D eigenvalue weighted by Crippen LogP contribution is -2.52. The molecule has 2 unspecified atom stereocenters. The van der Waals surface area contributed by atoms with Crippen LogP contribution in [-0.2, 0) is 0 Å². The Bertz CT molecular complexity index is 392. The van der Waals surface area contributed by atoms with Crippen molar-refractivity contribution >= 4 is 23.5 Å². The standard InChI is InChI=1S/C18H32N2S2/c1-9-21-17(13-19,11-15(3,4)5)18(14-20,22-10-2)12-16(6,7)8/h9-12H2,1-8H3. The van der Waals surface area contributed by atoms with Crippen LogP contribution in [0.15, 0.2) is 0 Å². The van der Waals surface area contributed by atoms with Gasteiger partial charge in [-0.3, -0.25) is 0 Å². The molecule has 0 saturated heterocycles. The molecule has 0 heterocycles. The van der Waals surface area contributed by atoms with Gasteiger partial charge in [0.2, 0.25) is 0 Å². The van der Waals surface area contributed by atoms with Crippen LogP contribution in [0.25, 0.3) is 0 Å². The van der Waals surface area contributed by atoms with Crippen molar-refractivity contribution in [1.29, 1.82) is 10.5 Å². The van der Waals surface area contributed by atoms with Crippen LogP contribution in [0.4, 0.5) is 0 Å². The summed E-state index contributed by atoms with van der Waals surface area (Å²) in [5.74, 6) is 1.70. The van der Waals surface area contributed by atoms with Gasteiger partial charge in [0.05, 0.1) is 12.1 Å². The Kier molecular flexibility index (Phi) is 7.86. The Labute approximate surface area is 146 Å². The lowest BCUT2D eigenvalue weighted by Gasteiger charge is -2.46. The number of hydrogen-bond acceptors (Lipinski definition) is 4. The number of nitrogens with zero attached hydrogens (tertiary/aromatic N) is 2. The molecule has 0 aliphatic rings. The highest BCUT2D eigenvalue weighted by Crippen LogP contribution is 2.54. The maximum atomic E-state index is 10.1. The van der Waals surface area contributed by atoms with Crippen molar-refractivity contribution in [3.63, 3.8) is 0 Å². The average molecular weight is 341 g/mol. The van der Waals surface area contributed by atoms with Crippen LogP contribution in [0.5, 0.6) is 0 Å². The number of rotatable bonds is 7. The summed E-state index contributed by atoms with van der Waals surface area (Å²) in [6, 6.07) is 5.18.